The molecule has 1 aromatic heterocycles. The van der Waals surface area contributed by atoms with Crippen molar-refractivity contribution < 1.29 is 4.79 Å². The van der Waals surface area contributed by atoms with Crippen molar-refractivity contribution in [3.8, 4) is 0 Å². The summed E-state index contributed by atoms with van der Waals surface area (Å²) in [6.07, 6.45) is 1.53. The van der Waals surface area contributed by atoms with Gasteiger partial charge in [-0.3, -0.25) is 9.78 Å². The molecule has 92 valence electrons. The summed E-state index contributed by atoms with van der Waals surface area (Å²) in [5.41, 5.74) is 7.79. The molecule has 1 amide bonds. The zero-order valence-corrected chi connectivity index (χ0v) is 10.2. The average Bonchev–Trinajstić information content (AvgIpc) is 3.08. The molecule has 3 N–H and O–H groups in total. The van der Waals surface area contributed by atoms with Crippen LogP contribution in [0.1, 0.15) is 18.5 Å². The zero-order chi connectivity index (χ0) is 12.8. The molecule has 3 rings (SSSR count). The van der Waals surface area contributed by atoms with Crippen molar-refractivity contribution in [2.24, 2.45) is 5.73 Å². The number of aromatic nitrogens is 1. The molecule has 4 heteroatoms. The molecule has 1 heterocycles. The van der Waals surface area contributed by atoms with Crippen LogP contribution in [0, 0.1) is 6.92 Å². The van der Waals surface area contributed by atoms with Crippen LogP contribution in [-0.4, -0.2) is 16.4 Å². The number of aryl methyl sites for hydroxylation is 1. The van der Waals surface area contributed by atoms with Gasteiger partial charge in [0.25, 0.3) is 0 Å². The van der Waals surface area contributed by atoms with E-state index in [0.717, 1.165) is 35.1 Å². The molecule has 1 aliphatic rings. The molecule has 0 atom stereocenters. The molecule has 1 aromatic carbocycles. The number of pyridine rings is 1. The quantitative estimate of drug-likeness (QED) is 0.844. The van der Waals surface area contributed by atoms with Crippen LogP contribution in [0.15, 0.2) is 30.3 Å². The topological polar surface area (TPSA) is 68.0 Å². The number of nitrogens with two attached hydrogens (primary N) is 1. The van der Waals surface area contributed by atoms with Gasteiger partial charge in [-0.25, -0.2) is 0 Å². The van der Waals surface area contributed by atoms with Crippen molar-refractivity contribution in [1.82, 2.24) is 4.98 Å². The second kappa shape index (κ2) is 3.78. The van der Waals surface area contributed by atoms with Crippen LogP contribution in [0.25, 0.3) is 10.9 Å². The highest BCUT2D eigenvalue weighted by atomic mass is 16.2. The number of hydrogen-bond acceptors (Lipinski definition) is 3. The molecule has 0 aliphatic heterocycles. The van der Waals surface area contributed by atoms with Crippen molar-refractivity contribution in [3.63, 3.8) is 0 Å². The lowest BCUT2D eigenvalue weighted by Gasteiger charge is -2.12. The Morgan fingerprint density at radius 1 is 1.39 bits per heavy atom. The summed E-state index contributed by atoms with van der Waals surface area (Å²) >= 11 is 0. The van der Waals surface area contributed by atoms with Gasteiger partial charge in [0.15, 0.2) is 0 Å². The van der Waals surface area contributed by atoms with Crippen LogP contribution in [0.4, 0.5) is 5.69 Å². The highest BCUT2D eigenvalue weighted by Gasteiger charge is 2.46. The minimum atomic E-state index is -0.654. The molecule has 18 heavy (non-hydrogen) atoms. The number of nitrogens with one attached hydrogen (secondary N) is 1. The molecule has 0 spiro atoms. The third kappa shape index (κ3) is 1.84. The molecule has 0 saturated heterocycles. The van der Waals surface area contributed by atoms with Crippen LogP contribution >= 0.6 is 0 Å². The number of hydrogen-bond donors (Lipinski definition) is 2. The van der Waals surface area contributed by atoms with Crippen molar-refractivity contribution in [2.45, 2.75) is 25.3 Å². The Labute approximate surface area is 105 Å². The number of fused-ring (bicyclic) bond motifs is 1. The van der Waals surface area contributed by atoms with E-state index in [2.05, 4.69) is 10.3 Å². The summed E-state index contributed by atoms with van der Waals surface area (Å²) < 4.78 is 0. The third-order valence-electron chi connectivity index (χ3n) is 3.33. The van der Waals surface area contributed by atoms with Gasteiger partial charge in [0.1, 0.15) is 0 Å². The minimum Gasteiger partial charge on any atom is -0.324 e. The van der Waals surface area contributed by atoms with E-state index in [1.54, 1.807) is 0 Å². The van der Waals surface area contributed by atoms with Gasteiger partial charge in [0, 0.05) is 11.1 Å². The maximum atomic E-state index is 12.0. The molecule has 1 aliphatic carbocycles. The van der Waals surface area contributed by atoms with Crippen LogP contribution in [0.5, 0.6) is 0 Å². The Balaban J connectivity index is 2.03. The number of para-hydroxylation sites is 1. The summed E-state index contributed by atoms with van der Waals surface area (Å²) in [7, 11) is 0. The lowest BCUT2D eigenvalue weighted by Crippen LogP contribution is -2.37. The lowest BCUT2D eigenvalue weighted by molar-refractivity contribution is -0.118. The Kier molecular flexibility index (Phi) is 2.35. The van der Waals surface area contributed by atoms with Gasteiger partial charge in [-0.15, -0.1) is 0 Å². The molecule has 1 saturated carbocycles. The first kappa shape index (κ1) is 11.2. The molecule has 0 unspecified atom stereocenters. The van der Waals surface area contributed by atoms with Gasteiger partial charge in [-0.1, -0.05) is 18.2 Å². The van der Waals surface area contributed by atoms with Gasteiger partial charge in [0.2, 0.25) is 5.91 Å². The van der Waals surface area contributed by atoms with E-state index in [4.69, 9.17) is 5.73 Å². The van der Waals surface area contributed by atoms with Gasteiger partial charge < -0.3 is 11.1 Å². The number of nitrogens with zero attached hydrogens (tertiary/aromatic N) is 1. The summed E-state index contributed by atoms with van der Waals surface area (Å²) in [5.74, 6) is -0.0988. The number of benzene rings is 1. The predicted octanol–water partition coefficient (Wildman–Crippen LogP) is 1.97. The van der Waals surface area contributed by atoms with E-state index in [-0.39, 0.29) is 5.91 Å². The van der Waals surface area contributed by atoms with E-state index in [1.807, 2.05) is 37.3 Å². The van der Waals surface area contributed by atoms with Crippen molar-refractivity contribution in [2.75, 3.05) is 5.32 Å². The van der Waals surface area contributed by atoms with Gasteiger partial charge in [-0.2, -0.15) is 0 Å². The van der Waals surface area contributed by atoms with Crippen LogP contribution in [-0.2, 0) is 4.79 Å². The van der Waals surface area contributed by atoms with Gasteiger partial charge in [-0.05, 0) is 31.9 Å². The zero-order valence-electron chi connectivity index (χ0n) is 10.2. The molecular weight excluding hydrogens is 226 g/mol. The first-order chi connectivity index (χ1) is 8.58. The molecule has 2 aromatic rings. The number of rotatable bonds is 2. The second-order valence-corrected chi connectivity index (χ2v) is 4.94. The first-order valence-electron chi connectivity index (χ1n) is 6.05. The van der Waals surface area contributed by atoms with E-state index < -0.39 is 5.54 Å². The average molecular weight is 241 g/mol. The SMILES string of the molecule is Cc1cc(NC(=O)C2(N)CC2)c2ccccc2n1. The fraction of sp³-hybridized carbons (Fsp3) is 0.286. The van der Waals surface area contributed by atoms with E-state index >= 15 is 0 Å². The Bertz CT molecular complexity index is 632. The van der Waals surface area contributed by atoms with Crippen LogP contribution in [0.3, 0.4) is 0 Å². The molecular formula is C14H15N3O. The number of anilines is 1. The number of amides is 1. The Morgan fingerprint density at radius 3 is 2.83 bits per heavy atom. The molecule has 0 radical (unpaired) electrons. The minimum absolute atomic E-state index is 0.0988. The predicted molar refractivity (Wildman–Crippen MR) is 71.3 cm³/mol. The largest absolute Gasteiger partial charge is 0.324 e. The standard InChI is InChI=1S/C14H15N3O/c1-9-8-12(17-13(18)14(15)6-7-14)10-4-2-3-5-11(10)16-9/h2-5,8H,6-7,15H2,1H3,(H,16,17,18). The lowest BCUT2D eigenvalue weighted by atomic mass is 10.1. The van der Waals surface area contributed by atoms with Crippen LogP contribution < -0.4 is 11.1 Å². The smallest absolute Gasteiger partial charge is 0.244 e. The second-order valence-electron chi connectivity index (χ2n) is 4.94. The van der Waals surface area contributed by atoms with Crippen molar-refractivity contribution in [1.29, 1.82) is 0 Å². The molecule has 0 bridgehead atoms. The summed E-state index contributed by atoms with van der Waals surface area (Å²) in [6.45, 7) is 1.91. The summed E-state index contributed by atoms with van der Waals surface area (Å²) in [5, 5.41) is 3.87. The highest BCUT2D eigenvalue weighted by Crippen LogP contribution is 2.34. The Hall–Kier alpha value is -1.94. The number of carbonyl (C=O) groups excluding carboxylic acids is 1. The van der Waals surface area contributed by atoms with Gasteiger partial charge >= 0.3 is 0 Å². The van der Waals surface area contributed by atoms with Crippen LogP contribution in [0.2, 0.25) is 0 Å². The first-order valence-corrected chi connectivity index (χ1v) is 6.05. The van der Waals surface area contributed by atoms with E-state index in [0.29, 0.717) is 0 Å². The number of carbonyl (C=O) groups is 1. The maximum Gasteiger partial charge on any atom is 0.244 e. The summed E-state index contributed by atoms with van der Waals surface area (Å²) in [6, 6.07) is 9.64. The normalized spacial score (nSPS) is 16.6. The Morgan fingerprint density at radius 2 is 2.11 bits per heavy atom. The molecule has 4 nitrogen and oxygen atoms in total. The van der Waals surface area contributed by atoms with Crippen molar-refractivity contribution in [3.05, 3.63) is 36.0 Å². The fourth-order valence-corrected chi connectivity index (χ4v) is 2.02. The maximum absolute atomic E-state index is 12.0. The fourth-order valence-electron chi connectivity index (χ4n) is 2.02. The van der Waals surface area contributed by atoms with Gasteiger partial charge in [0.05, 0.1) is 16.7 Å². The monoisotopic (exact) mass is 241 g/mol. The van der Waals surface area contributed by atoms with E-state index in [9.17, 15) is 4.79 Å². The molecule has 1 fully saturated rings. The van der Waals surface area contributed by atoms with E-state index in [1.165, 1.54) is 0 Å². The van der Waals surface area contributed by atoms with Crippen molar-refractivity contribution >= 4 is 22.5 Å². The highest BCUT2D eigenvalue weighted by molar-refractivity contribution is 6.05. The summed E-state index contributed by atoms with van der Waals surface area (Å²) in [4.78, 5) is 16.4. The third-order valence-corrected chi connectivity index (χ3v) is 3.33.